The van der Waals surface area contributed by atoms with E-state index < -0.39 is 11.9 Å². The van der Waals surface area contributed by atoms with Crippen molar-refractivity contribution in [3.8, 4) is 0 Å². The van der Waals surface area contributed by atoms with E-state index in [0.29, 0.717) is 0 Å². The van der Waals surface area contributed by atoms with E-state index in [9.17, 15) is 4.39 Å². The number of hydrogen-bond donors (Lipinski definition) is 1. The minimum Gasteiger partial charge on any atom is -0.384 e. The molecule has 0 saturated heterocycles. The number of benzene rings is 1. The fourth-order valence-electron chi connectivity index (χ4n) is 0.842. The van der Waals surface area contributed by atoms with E-state index in [1.54, 1.807) is 12.1 Å². The van der Waals surface area contributed by atoms with Gasteiger partial charge in [0.15, 0.2) is 0 Å². The number of aliphatic hydroxyl groups is 1. The second kappa shape index (κ2) is 3.30. The van der Waals surface area contributed by atoms with Gasteiger partial charge in [-0.1, -0.05) is 24.3 Å². The monoisotopic (exact) mass is 152 g/mol. The average molecular weight is 152 g/mol. The van der Waals surface area contributed by atoms with Crippen LogP contribution in [0.5, 0.6) is 0 Å². The molecule has 0 aliphatic heterocycles. The fourth-order valence-corrected chi connectivity index (χ4v) is 0.842. The molecule has 1 N–H and O–H groups in total. The maximum Gasteiger partial charge on any atom is 0.129 e. The Bertz CT molecular complexity index is 257. The standard InChI is InChI=1S/C9H9FO/c1-2-9(11)7-5-3-4-6-8(7)10/h2-6,9,11H,1H2/t9-/m1/s1. The summed E-state index contributed by atoms with van der Waals surface area (Å²) >= 11 is 0. The summed E-state index contributed by atoms with van der Waals surface area (Å²) in [7, 11) is 0. The van der Waals surface area contributed by atoms with Gasteiger partial charge < -0.3 is 5.11 Å². The van der Waals surface area contributed by atoms with Gasteiger partial charge in [0.1, 0.15) is 5.82 Å². The number of aliphatic hydroxyl groups excluding tert-OH is 1. The van der Waals surface area contributed by atoms with Crippen molar-refractivity contribution in [1.29, 1.82) is 0 Å². The molecule has 0 aliphatic carbocycles. The smallest absolute Gasteiger partial charge is 0.129 e. The van der Waals surface area contributed by atoms with Crippen LogP contribution < -0.4 is 0 Å². The summed E-state index contributed by atoms with van der Waals surface area (Å²) < 4.78 is 12.8. The number of halogens is 1. The quantitative estimate of drug-likeness (QED) is 0.643. The molecule has 0 unspecified atom stereocenters. The van der Waals surface area contributed by atoms with Crippen LogP contribution in [0.25, 0.3) is 0 Å². The van der Waals surface area contributed by atoms with Crippen molar-refractivity contribution in [2.45, 2.75) is 6.10 Å². The first-order valence-corrected chi connectivity index (χ1v) is 3.30. The van der Waals surface area contributed by atoms with Gasteiger partial charge in [-0.15, -0.1) is 6.58 Å². The molecule has 1 aromatic carbocycles. The van der Waals surface area contributed by atoms with Gasteiger partial charge in [-0.05, 0) is 6.07 Å². The summed E-state index contributed by atoms with van der Waals surface area (Å²) in [6, 6.07) is 6.09. The van der Waals surface area contributed by atoms with Crippen molar-refractivity contribution < 1.29 is 9.50 Å². The first-order chi connectivity index (χ1) is 5.25. The van der Waals surface area contributed by atoms with Crippen LogP contribution in [0, 0.1) is 5.82 Å². The maximum atomic E-state index is 12.8. The zero-order valence-corrected chi connectivity index (χ0v) is 6.00. The molecule has 0 radical (unpaired) electrons. The van der Waals surface area contributed by atoms with Gasteiger partial charge in [-0.2, -0.15) is 0 Å². The molecule has 58 valence electrons. The van der Waals surface area contributed by atoms with Crippen LogP contribution in [0.1, 0.15) is 11.7 Å². The zero-order chi connectivity index (χ0) is 8.27. The highest BCUT2D eigenvalue weighted by Crippen LogP contribution is 2.16. The Morgan fingerprint density at radius 2 is 2.09 bits per heavy atom. The Kier molecular flexibility index (Phi) is 2.39. The fraction of sp³-hybridized carbons (Fsp3) is 0.111. The topological polar surface area (TPSA) is 20.2 Å². The summed E-state index contributed by atoms with van der Waals surface area (Å²) in [4.78, 5) is 0. The van der Waals surface area contributed by atoms with Crippen molar-refractivity contribution in [1.82, 2.24) is 0 Å². The number of rotatable bonds is 2. The second-order valence-electron chi connectivity index (χ2n) is 2.20. The van der Waals surface area contributed by atoms with Crippen LogP contribution in [-0.2, 0) is 0 Å². The molecule has 0 saturated carbocycles. The molecule has 0 aromatic heterocycles. The molecule has 0 bridgehead atoms. The van der Waals surface area contributed by atoms with Gasteiger partial charge in [0.25, 0.3) is 0 Å². The lowest BCUT2D eigenvalue weighted by atomic mass is 10.1. The molecule has 0 amide bonds. The number of hydrogen-bond acceptors (Lipinski definition) is 1. The van der Waals surface area contributed by atoms with Crippen LogP contribution in [0.15, 0.2) is 36.9 Å². The lowest BCUT2D eigenvalue weighted by molar-refractivity contribution is 0.223. The van der Waals surface area contributed by atoms with Gasteiger partial charge in [0, 0.05) is 5.56 Å². The molecular weight excluding hydrogens is 143 g/mol. The molecule has 1 aromatic rings. The second-order valence-corrected chi connectivity index (χ2v) is 2.20. The van der Waals surface area contributed by atoms with E-state index in [1.165, 1.54) is 18.2 Å². The first-order valence-electron chi connectivity index (χ1n) is 3.30. The molecule has 0 heterocycles. The molecule has 2 heteroatoms. The summed E-state index contributed by atoms with van der Waals surface area (Å²) in [5.74, 6) is -0.403. The van der Waals surface area contributed by atoms with E-state index in [0.717, 1.165) is 0 Å². The van der Waals surface area contributed by atoms with Gasteiger partial charge in [0.05, 0.1) is 6.10 Å². The molecule has 11 heavy (non-hydrogen) atoms. The van der Waals surface area contributed by atoms with Gasteiger partial charge in [-0.3, -0.25) is 0 Å². The highest BCUT2D eigenvalue weighted by atomic mass is 19.1. The third-order valence-corrected chi connectivity index (χ3v) is 1.45. The van der Waals surface area contributed by atoms with Crippen molar-refractivity contribution in [2.24, 2.45) is 0 Å². The Labute approximate surface area is 64.8 Å². The van der Waals surface area contributed by atoms with E-state index in [-0.39, 0.29) is 5.56 Å². The SMILES string of the molecule is C=C[C@@H](O)c1ccccc1F. The summed E-state index contributed by atoms with van der Waals surface area (Å²) in [5.41, 5.74) is 0.266. The van der Waals surface area contributed by atoms with Gasteiger partial charge >= 0.3 is 0 Å². The Morgan fingerprint density at radius 1 is 1.45 bits per heavy atom. The molecular formula is C9H9FO. The Morgan fingerprint density at radius 3 is 2.64 bits per heavy atom. The van der Waals surface area contributed by atoms with E-state index in [4.69, 9.17) is 5.11 Å². The third-order valence-electron chi connectivity index (χ3n) is 1.45. The predicted octanol–water partition coefficient (Wildman–Crippen LogP) is 2.05. The van der Waals surface area contributed by atoms with Crippen molar-refractivity contribution in [3.05, 3.63) is 48.3 Å². The van der Waals surface area contributed by atoms with Crippen LogP contribution >= 0.6 is 0 Å². The van der Waals surface area contributed by atoms with Crippen LogP contribution in [0.3, 0.4) is 0 Å². The lowest BCUT2D eigenvalue weighted by Gasteiger charge is -2.05. The van der Waals surface area contributed by atoms with Crippen LogP contribution in [-0.4, -0.2) is 5.11 Å². The van der Waals surface area contributed by atoms with Crippen LogP contribution in [0.2, 0.25) is 0 Å². The van der Waals surface area contributed by atoms with Crippen LogP contribution in [0.4, 0.5) is 4.39 Å². The Hall–Kier alpha value is -1.15. The largest absolute Gasteiger partial charge is 0.384 e. The molecule has 1 atom stereocenters. The maximum absolute atomic E-state index is 12.8. The summed E-state index contributed by atoms with van der Waals surface area (Å²) in [6.45, 7) is 3.36. The zero-order valence-electron chi connectivity index (χ0n) is 6.00. The first kappa shape index (κ1) is 7.95. The summed E-state index contributed by atoms with van der Waals surface area (Å²) in [6.07, 6.45) is 0.384. The van der Waals surface area contributed by atoms with Crippen molar-refractivity contribution in [2.75, 3.05) is 0 Å². The third kappa shape index (κ3) is 1.65. The minimum atomic E-state index is -0.906. The van der Waals surface area contributed by atoms with E-state index in [1.807, 2.05) is 0 Å². The van der Waals surface area contributed by atoms with E-state index >= 15 is 0 Å². The molecule has 1 rings (SSSR count). The predicted molar refractivity (Wildman–Crippen MR) is 41.6 cm³/mol. The van der Waals surface area contributed by atoms with E-state index in [2.05, 4.69) is 6.58 Å². The van der Waals surface area contributed by atoms with Crippen molar-refractivity contribution >= 4 is 0 Å². The average Bonchev–Trinajstić information content (AvgIpc) is 2.04. The molecule has 0 aliphatic rings. The molecule has 1 nitrogen and oxygen atoms in total. The molecule has 0 spiro atoms. The van der Waals surface area contributed by atoms with Gasteiger partial charge in [-0.25, -0.2) is 4.39 Å². The normalized spacial score (nSPS) is 12.5. The molecule has 0 fully saturated rings. The Balaban J connectivity index is 3.02. The van der Waals surface area contributed by atoms with Crippen molar-refractivity contribution in [3.63, 3.8) is 0 Å². The van der Waals surface area contributed by atoms with Gasteiger partial charge in [0.2, 0.25) is 0 Å². The lowest BCUT2D eigenvalue weighted by Crippen LogP contribution is -1.95. The minimum absolute atomic E-state index is 0.266. The highest BCUT2D eigenvalue weighted by Gasteiger charge is 2.06. The highest BCUT2D eigenvalue weighted by molar-refractivity contribution is 5.22. The summed E-state index contributed by atoms with van der Waals surface area (Å²) in [5, 5.41) is 9.15.